The lowest BCUT2D eigenvalue weighted by Crippen LogP contribution is -2.37. The van der Waals surface area contributed by atoms with Crippen molar-refractivity contribution >= 4 is 34.8 Å². The van der Waals surface area contributed by atoms with Gasteiger partial charge < -0.3 is 10.6 Å². The molecule has 0 unspecified atom stereocenters. The number of carbonyl (C=O) groups is 1. The van der Waals surface area contributed by atoms with Gasteiger partial charge in [-0.15, -0.1) is 0 Å². The molecular formula is C10H9Cl2F3N2O. The highest BCUT2D eigenvalue weighted by Crippen LogP contribution is 2.24. The lowest BCUT2D eigenvalue weighted by atomic mass is 10.3. The number of hydrogen-bond donors (Lipinski definition) is 2. The van der Waals surface area contributed by atoms with Crippen molar-refractivity contribution < 1.29 is 18.0 Å². The van der Waals surface area contributed by atoms with E-state index in [1.807, 2.05) is 0 Å². The van der Waals surface area contributed by atoms with E-state index in [1.165, 1.54) is 12.1 Å². The van der Waals surface area contributed by atoms with Crippen LogP contribution in [0.2, 0.25) is 10.0 Å². The summed E-state index contributed by atoms with van der Waals surface area (Å²) >= 11 is 11.5. The van der Waals surface area contributed by atoms with Gasteiger partial charge in [0.2, 0.25) is 5.91 Å². The number of halogens is 5. The van der Waals surface area contributed by atoms with Crippen molar-refractivity contribution in [3.8, 4) is 0 Å². The van der Waals surface area contributed by atoms with Crippen molar-refractivity contribution in [1.82, 2.24) is 5.32 Å². The largest absolute Gasteiger partial charge is 0.405 e. The number of benzene rings is 1. The van der Waals surface area contributed by atoms with E-state index in [0.29, 0.717) is 10.7 Å². The molecule has 0 aromatic heterocycles. The number of carbonyl (C=O) groups excluding carboxylic acids is 1. The van der Waals surface area contributed by atoms with Crippen LogP contribution >= 0.6 is 23.2 Å². The molecule has 1 rings (SSSR count). The Morgan fingerprint density at radius 2 is 1.94 bits per heavy atom. The predicted octanol–water partition coefficient (Wildman–Crippen LogP) is 3.08. The molecule has 8 heteroatoms. The van der Waals surface area contributed by atoms with Crippen molar-refractivity contribution in [2.75, 3.05) is 18.4 Å². The van der Waals surface area contributed by atoms with E-state index in [0.717, 1.165) is 0 Å². The number of hydrogen-bond acceptors (Lipinski definition) is 2. The molecule has 3 nitrogen and oxygen atoms in total. The number of anilines is 1. The lowest BCUT2D eigenvalue weighted by molar-refractivity contribution is -0.137. The van der Waals surface area contributed by atoms with Gasteiger partial charge >= 0.3 is 6.18 Å². The first kappa shape index (κ1) is 14.9. The summed E-state index contributed by atoms with van der Waals surface area (Å²) < 4.78 is 35.5. The molecule has 0 fully saturated rings. The topological polar surface area (TPSA) is 41.1 Å². The van der Waals surface area contributed by atoms with Crippen LogP contribution in [0.1, 0.15) is 0 Å². The number of alkyl halides is 3. The first-order chi connectivity index (χ1) is 8.28. The highest BCUT2D eigenvalue weighted by molar-refractivity contribution is 6.36. The predicted molar refractivity (Wildman–Crippen MR) is 64.0 cm³/mol. The van der Waals surface area contributed by atoms with Crippen LogP contribution in [0.5, 0.6) is 0 Å². The van der Waals surface area contributed by atoms with Crippen LogP contribution in [-0.2, 0) is 4.79 Å². The molecule has 1 aromatic carbocycles. The summed E-state index contributed by atoms with van der Waals surface area (Å²) in [5, 5.41) is 5.04. The van der Waals surface area contributed by atoms with Crippen LogP contribution < -0.4 is 10.6 Å². The minimum Gasteiger partial charge on any atom is -0.375 e. The maximum absolute atomic E-state index is 11.8. The molecule has 0 aliphatic heterocycles. The lowest BCUT2D eigenvalue weighted by Gasteiger charge is -2.10. The second-order valence-electron chi connectivity index (χ2n) is 3.37. The summed E-state index contributed by atoms with van der Waals surface area (Å²) in [6.45, 7) is -1.67. The molecule has 0 spiro atoms. The zero-order chi connectivity index (χ0) is 13.8. The third-order valence-electron chi connectivity index (χ3n) is 1.86. The van der Waals surface area contributed by atoms with Crippen LogP contribution in [0.15, 0.2) is 18.2 Å². The van der Waals surface area contributed by atoms with Gasteiger partial charge in [0.05, 0.1) is 17.3 Å². The van der Waals surface area contributed by atoms with E-state index < -0.39 is 18.6 Å². The average molecular weight is 301 g/mol. The molecular weight excluding hydrogens is 292 g/mol. The van der Waals surface area contributed by atoms with Gasteiger partial charge in [-0.1, -0.05) is 23.2 Å². The minimum atomic E-state index is -4.42. The normalized spacial score (nSPS) is 11.2. The monoisotopic (exact) mass is 300 g/mol. The van der Waals surface area contributed by atoms with Gasteiger partial charge in [0.1, 0.15) is 6.54 Å². The van der Waals surface area contributed by atoms with Gasteiger partial charge in [0.25, 0.3) is 0 Å². The standard InChI is InChI=1S/C10H9Cl2F3N2O/c11-6-1-2-8(7(12)3-6)16-4-9(18)17-5-10(13,14)15/h1-3,16H,4-5H2,(H,17,18). The summed E-state index contributed by atoms with van der Waals surface area (Å²) in [4.78, 5) is 11.1. The molecule has 100 valence electrons. The molecule has 0 saturated heterocycles. The quantitative estimate of drug-likeness (QED) is 0.897. The Kier molecular flexibility index (Phi) is 5.10. The Bertz CT molecular complexity index is 438. The minimum absolute atomic E-state index is 0.283. The summed E-state index contributed by atoms with van der Waals surface area (Å²) in [6.07, 6.45) is -4.42. The molecule has 0 bridgehead atoms. The van der Waals surface area contributed by atoms with Crippen LogP contribution in [0.3, 0.4) is 0 Å². The molecule has 18 heavy (non-hydrogen) atoms. The van der Waals surface area contributed by atoms with Crippen LogP contribution in [-0.4, -0.2) is 25.2 Å². The molecule has 0 saturated carbocycles. The number of nitrogens with one attached hydrogen (secondary N) is 2. The molecule has 0 radical (unpaired) electrons. The molecule has 0 heterocycles. The van der Waals surface area contributed by atoms with E-state index in [1.54, 1.807) is 11.4 Å². The second kappa shape index (κ2) is 6.15. The van der Waals surface area contributed by atoms with E-state index in [2.05, 4.69) is 5.32 Å². The van der Waals surface area contributed by atoms with Gasteiger partial charge in [0.15, 0.2) is 0 Å². The van der Waals surface area contributed by atoms with Gasteiger partial charge in [-0.2, -0.15) is 13.2 Å². The molecule has 0 aliphatic carbocycles. The smallest absolute Gasteiger partial charge is 0.375 e. The average Bonchev–Trinajstić information content (AvgIpc) is 2.24. The van der Waals surface area contributed by atoms with Gasteiger partial charge in [-0.3, -0.25) is 4.79 Å². The van der Waals surface area contributed by atoms with Gasteiger partial charge in [-0.05, 0) is 18.2 Å². The fourth-order valence-electron chi connectivity index (χ4n) is 1.07. The van der Waals surface area contributed by atoms with Gasteiger partial charge in [0, 0.05) is 5.02 Å². The maximum Gasteiger partial charge on any atom is 0.405 e. The SMILES string of the molecule is O=C(CNc1ccc(Cl)cc1Cl)NCC(F)(F)F. The van der Waals surface area contributed by atoms with Gasteiger partial charge in [-0.25, -0.2) is 0 Å². The molecule has 1 amide bonds. The van der Waals surface area contributed by atoms with E-state index in [-0.39, 0.29) is 11.6 Å². The van der Waals surface area contributed by atoms with E-state index >= 15 is 0 Å². The summed E-state index contributed by atoms with van der Waals surface area (Å²) in [5.41, 5.74) is 0.420. The first-order valence-corrected chi connectivity index (χ1v) is 5.56. The van der Waals surface area contributed by atoms with Crippen molar-refractivity contribution in [3.05, 3.63) is 28.2 Å². The highest BCUT2D eigenvalue weighted by Gasteiger charge is 2.27. The number of amides is 1. The molecule has 0 aliphatic rings. The Hall–Kier alpha value is -1.14. The van der Waals surface area contributed by atoms with Crippen molar-refractivity contribution in [3.63, 3.8) is 0 Å². The fraction of sp³-hybridized carbons (Fsp3) is 0.300. The third kappa shape index (κ3) is 5.46. The van der Waals surface area contributed by atoms with E-state index in [9.17, 15) is 18.0 Å². The Balaban J connectivity index is 2.43. The zero-order valence-electron chi connectivity index (χ0n) is 8.94. The zero-order valence-corrected chi connectivity index (χ0v) is 10.5. The van der Waals surface area contributed by atoms with Crippen molar-refractivity contribution in [2.24, 2.45) is 0 Å². The van der Waals surface area contributed by atoms with E-state index in [4.69, 9.17) is 23.2 Å². The Morgan fingerprint density at radius 3 is 2.50 bits per heavy atom. The maximum atomic E-state index is 11.8. The summed E-state index contributed by atoms with van der Waals surface area (Å²) in [7, 11) is 0. The van der Waals surface area contributed by atoms with Crippen molar-refractivity contribution in [1.29, 1.82) is 0 Å². The Labute approximate surface area is 111 Å². The first-order valence-electron chi connectivity index (χ1n) is 4.80. The second-order valence-corrected chi connectivity index (χ2v) is 4.21. The van der Waals surface area contributed by atoms with Crippen LogP contribution in [0.25, 0.3) is 0 Å². The fourth-order valence-corrected chi connectivity index (χ4v) is 1.54. The molecule has 2 N–H and O–H groups in total. The molecule has 1 aromatic rings. The van der Waals surface area contributed by atoms with Crippen LogP contribution in [0.4, 0.5) is 18.9 Å². The Morgan fingerprint density at radius 1 is 1.28 bits per heavy atom. The summed E-state index contributed by atoms with van der Waals surface area (Å²) in [5.74, 6) is -0.779. The summed E-state index contributed by atoms with van der Waals surface area (Å²) in [6, 6.07) is 4.53. The highest BCUT2D eigenvalue weighted by atomic mass is 35.5. The third-order valence-corrected chi connectivity index (χ3v) is 2.40. The number of rotatable bonds is 4. The van der Waals surface area contributed by atoms with Crippen molar-refractivity contribution in [2.45, 2.75) is 6.18 Å². The molecule has 0 atom stereocenters. The van der Waals surface area contributed by atoms with Crippen LogP contribution in [0, 0.1) is 0 Å².